The van der Waals surface area contributed by atoms with Crippen LogP contribution in [0.15, 0.2) is 67.3 Å². The van der Waals surface area contributed by atoms with Crippen molar-refractivity contribution in [2.45, 2.75) is 39.0 Å². The zero-order chi connectivity index (χ0) is 27.1. The molecular weight excluding hydrogens is 482 g/mol. The maximum Gasteiger partial charge on any atom is 0.255 e. The third kappa shape index (κ3) is 6.93. The first kappa shape index (κ1) is 27.2. The zero-order valence-corrected chi connectivity index (χ0v) is 22.1. The highest BCUT2D eigenvalue weighted by Crippen LogP contribution is 2.29. The highest BCUT2D eigenvalue weighted by molar-refractivity contribution is 6.04. The number of anilines is 1. The number of aliphatic hydroxyl groups is 1. The van der Waals surface area contributed by atoms with Crippen LogP contribution >= 0.6 is 0 Å². The van der Waals surface area contributed by atoms with Crippen LogP contribution in [-0.2, 0) is 17.8 Å². The van der Waals surface area contributed by atoms with E-state index in [4.69, 9.17) is 4.74 Å². The molecule has 4 rings (SSSR count). The summed E-state index contributed by atoms with van der Waals surface area (Å²) in [5.41, 5.74) is 2.90. The summed E-state index contributed by atoms with van der Waals surface area (Å²) < 4.78 is 6.58. The fourth-order valence-corrected chi connectivity index (χ4v) is 4.60. The smallest absolute Gasteiger partial charge is 0.255 e. The van der Waals surface area contributed by atoms with E-state index in [0.29, 0.717) is 35.7 Å². The molecule has 1 aromatic carbocycles. The number of pyridine rings is 2. The van der Waals surface area contributed by atoms with Crippen molar-refractivity contribution in [3.63, 3.8) is 0 Å². The fourth-order valence-electron chi connectivity index (χ4n) is 4.60. The lowest BCUT2D eigenvalue weighted by molar-refractivity contribution is -0.134. The SMILES string of the molecule is C[C@@H]1CN([C@H](C)CO)C(=O)Cc2cc(NC(=O)c3ccncc3)ccc2O[C@@H]1CN(C)Cc1ccncc1. The number of ether oxygens (including phenoxy) is 1. The minimum Gasteiger partial charge on any atom is -0.488 e. The molecule has 1 aliphatic rings. The van der Waals surface area contributed by atoms with Crippen LogP contribution in [0.5, 0.6) is 5.75 Å². The van der Waals surface area contributed by atoms with Gasteiger partial charge in [0.05, 0.1) is 19.1 Å². The first-order chi connectivity index (χ1) is 18.3. The third-order valence-corrected chi connectivity index (χ3v) is 6.81. The Labute approximate surface area is 223 Å². The van der Waals surface area contributed by atoms with E-state index in [1.165, 1.54) is 0 Å². The average Bonchev–Trinajstić information content (AvgIpc) is 2.97. The number of benzene rings is 1. The van der Waals surface area contributed by atoms with Crippen molar-refractivity contribution in [3.05, 3.63) is 83.9 Å². The second kappa shape index (κ2) is 12.6. The quantitative estimate of drug-likeness (QED) is 0.473. The van der Waals surface area contributed by atoms with Gasteiger partial charge in [0.25, 0.3) is 5.91 Å². The van der Waals surface area contributed by atoms with Gasteiger partial charge in [-0.2, -0.15) is 0 Å². The van der Waals surface area contributed by atoms with Gasteiger partial charge in [0.2, 0.25) is 5.91 Å². The lowest BCUT2D eigenvalue weighted by atomic mass is 10.0. The molecule has 0 unspecified atom stereocenters. The number of aliphatic hydroxyl groups excluding tert-OH is 1. The number of hydrogen-bond donors (Lipinski definition) is 2. The van der Waals surface area contributed by atoms with Crippen LogP contribution in [0.1, 0.15) is 35.3 Å². The molecule has 0 spiro atoms. The van der Waals surface area contributed by atoms with Gasteiger partial charge in [0.15, 0.2) is 0 Å². The molecule has 0 bridgehead atoms. The van der Waals surface area contributed by atoms with Gasteiger partial charge < -0.3 is 20.1 Å². The van der Waals surface area contributed by atoms with E-state index in [-0.39, 0.29) is 42.9 Å². The molecule has 200 valence electrons. The van der Waals surface area contributed by atoms with E-state index in [9.17, 15) is 14.7 Å². The third-order valence-electron chi connectivity index (χ3n) is 6.81. The van der Waals surface area contributed by atoms with Crippen LogP contribution in [0.3, 0.4) is 0 Å². The summed E-state index contributed by atoms with van der Waals surface area (Å²) in [6, 6.07) is 12.3. The highest BCUT2D eigenvalue weighted by atomic mass is 16.5. The summed E-state index contributed by atoms with van der Waals surface area (Å²) in [5, 5.41) is 12.8. The van der Waals surface area contributed by atoms with Crippen molar-refractivity contribution in [2.75, 3.05) is 32.1 Å². The van der Waals surface area contributed by atoms with E-state index < -0.39 is 0 Å². The van der Waals surface area contributed by atoms with E-state index in [0.717, 1.165) is 12.1 Å². The van der Waals surface area contributed by atoms with Crippen molar-refractivity contribution in [1.82, 2.24) is 19.8 Å². The van der Waals surface area contributed by atoms with Gasteiger partial charge in [-0.25, -0.2) is 0 Å². The number of likely N-dealkylation sites (N-methyl/N-ethyl adjacent to an activating group) is 1. The molecular formula is C29H35N5O4. The number of nitrogens with zero attached hydrogens (tertiary/aromatic N) is 4. The molecule has 38 heavy (non-hydrogen) atoms. The molecule has 2 N–H and O–H groups in total. The summed E-state index contributed by atoms with van der Waals surface area (Å²) in [6.45, 7) is 5.63. The zero-order valence-electron chi connectivity index (χ0n) is 22.1. The Morgan fingerprint density at radius 1 is 1.16 bits per heavy atom. The monoisotopic (exact) mass is 517 g/mol. The van der Waals surface area contributed by atoms with E-state index in [2.05, 4.69) is 27.1 Å². The molecule has 1 aliphatic heterocycles. The number of carbonyl (C=O) groups is 2. The molecule has 2 aromatic heterocycles. The van der Waals surface area contributed by atoms with Gasteiger partial charge in [0, 0.05) is 67.2 Å². The molecule has 0 saturated carbocycles. The highest BCUT2D eigenvalue weighted by Gasteiger charge is 2.31. The minimum absolute atomic E-state index is 0.00450. The molecule has 2 amide bonds. The Morgan fingerprint density at radius 2 is 1.84 bits per heavy atom. The predicted octanol–water partition coefficient (Wildman–Crippen LogP) is 3.01. The summed E-state index contributed by atoms with van der Waals surface area (Å²) in [5.74, 6) is 0.270. The summed E-state index contributed by atoms with van der Waals surface area (Å²) >= 11 is 0. The average molecular weight is 518 g/mol. The Hall–Kier alpha value is -3.82. The second-order valence-electron chi connectivity index (χ2n) is 9.95. The van der Waals surface area contributed by atoms with Gasteiger partial charge >= 0.3 is 0 Å². The summed E-state index contributed by atoms with van der Waals surface area (Å²) in [6.07, 6.45) is 6.58. The van der Waals surface area contributed by atoms with Gasteiger partial charge in [0.1, 0.15) is 11.9 Å². The lowest BCUT2D eigenvalue weighted by Crippen LogP contribution is -2.47. The molecule has 3 atom stereocenters. The Morgan fingerprint density at radius 3 is 2.53 bits per heavy atom. The number of aromatic nitrogens is 2. The van der Waals surface area contributed by atoms with Crippen molar-refractivity contribution in [2.24, 2.45) is 5.92 Å². The first-order valence-corrected chi connectivity index (χ1v) is 12.8. The topological polar surface area (TPSA) is 108 Å². The van der Waals surface area contributed by atoms with E-state index >= 15 is 0 Å². The first-order valence-electron chi connectivity index (χ1n) is 12.8. The molecule has 3 aromatic rings. The molecule has 9 nitrogen and oxygen atoms in total. The standard InChI is InChI=1S/C29H35N5O4/c1-20-16-34(21(2)19-35)28(36)15-24-14-25(32-29(37)23-8-12-31-13-9-23)4-5-26(24)38-27(20)18-33(3)17-22-6-10-30-11-7-22/h4-14,20-21,27,35H,15-19H2,1-3H3,(H,32,37)/t20-,21-,27-/m1/s1. The van der Waals surface area contributed by atoms with Crippen molar-refractivity contribution in [1.29, 1.82) is 0 Å². The van der Waals surface area contributed by atoms with Crippen LogP contribution in [0.25, 0.3) is 0 Å². The molecule has 0 aliphatic carbocycles. The number of carbonyl (C=O) groups excluding carboxylic acids is 2. The Kier molecular flexibility index (Phi) is 9.04. The number of fused-ring (bicyclic) bond motifs is 1. The van der Waals surface area contributed by atoms with Gasteiger partial charge in [-0.15, -0.1) is 0 Å². The molecule has 9 heteroatoms. The second-order valence-corrected chi connectivity index (χ2v) is 9.95. The predicted molar refractivity (Wildman–Crippen MR) is 145 cm³/mol. The number of nitrogens with one attached hydrogen (secondary N) is 1. The number of amides is 2. The van der Waals surface area contributed by atoms with Gasteiger partial charge in [-0.05, 0) is 62.0 Å². The summed E-state index contributed by atoms with van der Waals surface area (Å²) in [4.78, 5) is 38.1. The van der Waals surface area contributed by atoms with Gasteiger partial charge in [-0.3, -0.25) is 24.5 Å². The molecule has 0 fully saturated rings. The lowest BCUT2D eigenvalue weighted by Gasteiger charge is -2.34. The molecule has 0 saturated heterocycles. The van der Waals surface area contributed by atoms with Crippen molar-refractivity contribution in [3.8, 4) is 5.75 Å². The van der Waals surface area contributed by atoms with Crippen LogP contribution in [0.2, 0.25) is 0 Å². The minimum atomic E-state index is -0.323. The normalized spacial score (nSPS) is 18.6. The Balaban J connectivity index is 1.60. The number of hydrogen-bond acceptors (Lipinski definition) is 7. The van der Waals surface area contributed by atoms with Crippen molar-refractivity contribution < 1.29 is 19.4 Å². The summed E-state index contributed by atoms with van der Waals surface area (Å²) in [7, 11) is 2.04. The van der Waals surface area contributed by atoms with Gasteiger partial charge in [-0.1, -0.05) is 6.92 Å². The number of rotatable bonds is 8. The van der Waals surface area contributed by atoms with Crippen LogP contribution < -0.4 is 10.1 Å². The van der Waals surface area contributed by atoms with Crippen molar-refractivity contribution >= 4 is 17.5 Å². The maximum absolute atomic E-state index is 13.4. The maximum atomic E-state index is 13.4. The Bertz CT molecular complexity index is 1220. The largest absolute Gasteiger partial charge is 0.488 e. The molecule has 0 radical (unpaired) electrons. The fraction of sp³-hybridized carbons (Fsp3) is 0.379. The van der Waals surface area contributed by atoms with E-state index in [1.54, 1.807) is 54.0 Å². The van der Waals surface area contributed by atoms with Crippen LogP contribution in [0.4, 0.5) is 5.69 Å². The van der Waals surface area contributed by atoms with Crippen LogP contribution in [-0.4, -0.2) is 75.6 Å². The van der Waals surface area contributed by atoms with Crippen LogP contribution in [0, 0.1) is 5.92 Å². The van der Waals surface area contributed by atoms with E-state index in [1.807, 2.05) is 32.2 Å². The molecule has 3 heterocycles.